The van der Waals surface area contributed by atoms with Gasteiger partial charge in [0.05, 0.1) is 6.10 Å². The average molecular weight is 985 g/mol. The van der Waals surface area contributed by atoms with Gasteiger partial charge in [-0.1, -0.05) is 129 Å². The zero-order valence-corrected chi connectivity index (χ0v) is 42.0. The number of likely N-dealkylation sites (N-methyl/N-ethyl adjacent to an activating group) is 3. The molecule has 69 heavy (non-hydrogen) atoms. The molecule has 3 rings (SSSR count). The molecule has 4 amide bonds. The fraction of sp³-hybridized carbons (Fsp3) is 0.854. The fourth-order valence-corrected chi connectivity index (χ4v) is 9.18. The number of aromatic nitrogens is 2. The molecular weight excluding hydrogens is 897 g/mol. The van der Waals surface area contributed by atoms with Gasteiger partial charge in [0.1, 0.15) is 54.8 Å². The minimum absolute atomic E-state index is 0.227. The minimum atomic E-state index is -1.88. The Labute approximate surface area is 408 Å². The Hall–Kier alpha value is -3.51. The Balaban J connectivity index is 1.84. The molecule has 1 aromatic rings. The third-order valence-electron chi connectivity index (χ3n) is 13.3. The molecule has 2 fully saturated rings. The van der Waals surface area contributed by atoms with E-state index in [1.807, 2.05) is 0 Å². The molecule has 3 heterocycles. The summed E-state index contributed by atoms with van der Waals surface area (Å²) in [5.74, 6) is -1.40. The van der Waals surface area contributed by atoms with E-state index in [0.717, 1.165) is 73.1 Å². The monoisotopic (exact) mass is 985 g/mol. The largest absolute Gasteiger partial charge is 0.389 e. The van der Waals surface area contributed by atoms with Crippen molar-refractivity contribution in [2.45, 2.75) is 216 Å². The molecule has 0 aliphatic carbocycles. The van der Waals surface area contributed by atoms with Crippen molar-refractivity contribution in [2.24, 2.45) is 5.73 Å². The van der Waals surface area contributed by atoms with Crippen LogP contribution in [0.15, 0.2) is 21.9 Å². The van der Waals surface area contributed by atoms with Gasteiger partial charge in [0, 0.05) is 52.5 Å². The molecule has 2 saturated heterocycles. The van der Waals surface area contributed by atoms with Gasteiger partial charge in [-0.3, -0.25) is 28.8 Å². The Bertz CT molecular complexity index is 1740. The summed E-state index contributed by atoms with van der Waals surface area (Å²) in [5.41, 5.74) is 4.05. The number of hydrogen-bond acceptors (Lipinski definition) is 15. The molecule has 2 aliphatic rings. The lowest BCUT2D eigenvalue weighted by Crippen LogP contribution is -2.63. The van der Waals surface area contributed by atoms with E-state index in [-0.39, 0.29) is 6.54 Å². The molecule has 398 valence electrons. The van der Waals surface area contributed by atoms with Gasteiger partial charge in [0.2, 0.25) is 11.8 Å². The summed E-state index contributed by atoms with van der Waals surface area (Å²) in [6.07, 6.45) is 6.89. The third-order valence-corrected chi connectivity index (χ3v) is 13.3. The van der Waals surface area contributed by atoms with Crippen LogP contribution in [0.1, 0.15) is 148 Å². The smallest absolute Gasteiger partial charge is 0.330 e. The number of carbonyl (C=O) groups excluding carboxylic acids is 3. The SMILES string of the molecule is CCCCCCCCCCCCNC(=O)C([C@@H](O)CN(C)[C@H](C(=O)NC)[C@@H](OC1O[C@H](CN)[C@@H](O)[C@H]1O)C1OC(n2ccc(=O)[nH]c2=O)[C@H](O)[C@@H]1O)N(C)C(=O)NCCCCCCCCCCCC. The Morgan fingerprint density at radius 2 is 1.26 bits per heavy atom. The van der Waals surface area contributed by atoms with E-state index in [1.165, 1.54) is 96.7 Å². The first kappa shape index (κ1) is 59.8. The molecule has 4 unspecified atom stereocenters. The average Bonchev–Trinajstić information content (AvgIpc) is 3.77. The van der Waals surface area contributed by atoms with Crippen LogP contribution in [0, 0.1) is 0 Å². The lowest BCUT2D eigenvalue weighted by molar-refractivity contribution is -0.233. The van der Waals surface area contributed by atoms with Crippen LogP contribution in [0.2, 0.25) is 0 Å². The van der Waals surface area contributed by atoms with Gasteiger partial charge in [-0.25, -0.2) is 9.59 Å². The molecule has 0 aromatic carbocycles. The van der Waals surface area contributed by atoms with Crippen molar-refractivity contribution in [3.63, 3.8) is 0 Å². The van der Waals surface area contributed by atoms with Crippen LogP contribution < -0.4 is 32.9 Å². The number of amides is 4. The van der Waals surface area contributed by atoms with Crippen LogP contribution in [0.4, 0.5) is 4.79 Å². The molecule has 21 nitrogen and oxygen atoms in total. The molecule has 2 aliphatic heterocycles. The van der Waals surface area contributed by atoms with E-state index in [0.29, 0.717) is 19.5 Å². The number of unbranched alkanes of at least 4 members (excludes halogenated alkanes) is 18. The van der Waals surface area contributed by atoms with Gasteiger partial charge in [-0.2, -0.15) is 0 Å². The standard InChI is InChI=1S/C48H88N8O13/c1-6-8-10-12-14-16-18-20-22-24-27-51-44(64)35(55(5)47(65)52-28-25-23-21-19-17-15-13-11-9-7-2)32(57)31-54(4)36(43(63)50-3)41(69-46-40(62)37(59)33(30-49)67-46)42-38(60)39(61)45(68-42)56-29-26-34(58)53-48(56)66/h26,29,32-33,35-42,45-46,57,59-62H,6-25,27-28,30-31,49H2,1-5H3,(H,50,63)(H,51,64)(H,52,65)(H,53,58,66)/t32-,33+,35?,36-,37+,38-,39+,40+,41+,42?,45?,46?/m0/s1. The number of carbonyl (C=O) groups is 3. The van der Waals surface area contributed by atoms with E-state index in [4.69, 9.17) is 19.9 Å². The number of ether oxygens (including phenoxy) is 3. The number of aliphatic hydroxyl groups is 5. The summed E-state index contributed by atoms with van der Waals surface area (Å²) in [5, 5.41) is 64.7. The second-order valence-electron chi connectivity index (χ2n) is 18.9. The summed E-state index contributed by atoms with van der Waals surface area (Å²) in [6, 6.07) is -2.63. The molecule has 12 atom stereocenters. The predicted octanol–water partition coefficient (Wildman–Crippen LogP) is 1.32. The molecule has 0 radical (unpaired) electrons. The number of urea groups is 1. The second kappa shape index (κ2) is 32.5. The number of rotatable bonds is 35. The van der Waals surface area contributed by atoms with Crippen LogP contribution in [0.25, 0.3) is 0 Å². The van der Waals surface area contributed by atoms with Crippen LogP contribution in [0.3, 0.4) is 0 Å². The first-order chi connectivity index (χ1) is 33.1. The van der Waals surface area contributed by atoms with E-state index in [9.17, 15) is 49.5 Å². The van der Waals surface area contributed by atoms with Crippen LogP contribution in [0.5, 0.6) is 0 Å². The maximum absolute atomic E-state index is 14.1. The van der Waals surface area contributed by atoms with Crippen molar-refractivity contribution in [1.29, 1.82) is 0 Å². The summed E-state index contributed by atoms with van der Waals surface area (Å²) in [4.78, 5) is 70.9. The molecule has 0 saturated carbocycles. The molecule has 0 spiro atoms. The quantitative estimate of drug-likeness (QED) is 0.0429. The zero-order chi connectivity index (χ0) is 50.9. The lowest BCUT2D eigenvalue weighted by Gasteiger charge is -2.40. The fourth-order valence-electron chi connectivity index (χ4n) is 9.18. The molecule has 1 aromatic heterocycles. The van der Waals surface area contributed by atoms with E-state index < -0.39 is 109 Å². The number of H-pyrrole nitrogens is 1. The van der Waals surface area contributed by atoms with Crippen molar-refractivity contribution < 1.29 is 54.1 Å². The van der Waals surface area contributed by atoms with E-state index >= 15 is 0 Å². The number of aromatic amines is 1. The van der Waals surface area contributed by atoms with Gasteiger partial charge in [-0.15, -0.1) is 0 Å². The highest BCUT2D eigenvalue weighted by atomic mass is 16.7. The summed E-state index contributed by atoms with van der Waals surface area (Å²) in [6.45, 7) is 4.36. The first-order valence-electron chi connectivity index (χ1n) is 25.7. The number of nitrogens with one attached hydrogen (secondary N) is 4. The van der Waals surface area contributed by atoms with Gasteiger partial charge >= 0.3 is 11.7 Å². The topological polar surface area (TPSA) is 303 Å². The third kappa shape index (κ3) is 18.9. The van der Waals surface area contributed by atoms with E-state index in [2.05, 4.69) is 34.8 Å². The minimum Gasteiger partial charge on any atom is -0.389 e. The Morgan fingerprint density at radius 1 is 0.739 bits per heavy atom. The zero-order valence-electron chi connectivity index (χ0n) is 42.0. The van der Waals surface area contributed by atoms with Crippen molar-refractivity contribution in [3.05, 3.63) is 33.1 Å². The van der Waals surface area contributed by atoms with Gasteiger partial charge in [0.15, 0.2) is 12.5 Å². The molecule has 0 bridgehead atoms. The van der Waals surface area contributed by atoms with Crippen molar-refractivity contribution in [2.75, 3.05) is 47.3 Å². The Kier molecular flexibility index (Phi) is 28.1. The van der Waals surface area contributed by atoms with Gasteiger partial charge in [0.25, 0.3) is 5.56 Å². The van der Waals surface area contributed by atoms with Crippen LogP contribution >= 0.6 is 0 Å². The lowest BCUT2D eigenvalue weighted by atomic mass is 9.96. The maximum atomic E-state index is 14.1. The predicted molar refractivity (Wildman–Crippen MR) is 260 cm³/mol. The normalized spacial score (nSPS) is 24.2. The highest BCUT2D eigenvalue weighted by molar-refractivity contribution is 5.87. The van der Waals surface area contributed by atoms with E-state index in [1.54, 1.807) is 0 Å². The molecule has 11 N–H and O–H groups in total. The highest BCUT2D eigenvalue weighted by Gasteiger charge is 2.55. The first-order valence-corrected chi connectivity index (χ1v) is 25.7. The van der Waals surface area contributed by atoms with Crippen LogP contribution in [-0.2, 0) is 23.8 Å². The summed E-state index contributed by atoms with van der Waals surface area (Å²) >= 11 is 0. The molecule has 21 heteroatoms. The number of nitrogens with two attached hydrogens (primary N) is 1. The number of aliphatic hydroxyl groups excluding tert-OH is 5. The summed E-state index contributed by atoms with van der Waals surface area (Å²) < 4.78 is 18.8. The number of nitrogens with zero attached hydrogens (tertiary/aromatic N) is 3. The maximum Gasteiger partial charge on any atom is 0.330 e. The molecular formula is C48H88N8O13. The number of hydrogen-bond donors (Lipinski definition) is 10. The van der Waals surface area contributed by atoms with Crippen molar-refractivity contribution in [1.82, 2.24) is 35.3 Å². The summed E-state index contributed by atoms with van der Waals surface area (Å²) in [7, 11) is 4.13. The Morgan fingerprint density at radius 3 is 1.75 bits per heavy atom. The van der Waals surface area contributed by atoms with Crippen LogP contribution in [-0.4, -0.2) is 177 Å². The highest BCUT2D eigenvalue weighted by Crippen LogP contribution is 2.35. The van der Waals surface area contributed by atoms with Gasteiger partial charge in [-0.05, 0) is 19.9 Å². The van der Waals surface area contributed by atoms with Crippen molar-refractivity contribution >= 4 is 17.8 Å². The van der Waals surface area contributed by atoms with Gasteiger partial charge < -0.3 is 66.3 Å². The second-order valence-corrected chi connectivity index (χ2v) is 18.9. The van der Waals surface area contributed by atoms with Crippen molar-refractivity contribution in [3.8, 4) is 0 Å².